The molecule has 5 rings (SSSR count). The molecule has 0 radical (unpaired) electrons. The third kappa shape index (κ3) is 13.4. The quantitative estimate of drug-likeness (QED) is 0.0486. The van der Waals surface area contributed by atoms with Gasteiger partial charge in [-0.15, -0.1) is 11.8 Å². The van der Waals surface area contributed by atoms with Crippen molar-refractivity contribution >= 4 is 31.6 Å². The molecule has 0 aromatic heterocycles. The van der Waals surface area contributed by atoms with E-state index in [1.165, 1.54) is 50.5 Å². The van der Waals surface area contributed by atoms with E-state index in [1.54, 1.807) is 0 Å². The number of carbonyl (C=O) groups excluding carboxylic acids is 2. The Morgan fingerprint density at radius 2 is 1.70 bits per heavy atom. The molecule has 13 nitrogen and oxygen atoms in total. The number of allylic oxidation sites excluding steroid dienone is 1. The molecule has 4 aliphatic carbocycles. The zero-order valence-corrected chi connectivity index (χ0v) is 41.2. The van der Waals surface area contributed by atoms with Crippen molar-refractivity contribution in [2.75, 3.05) is 25.4 Å². The first-order chi connectivity index (χ1) is 25.9. The van der Waals surface area contributed by atoms with Crippen LogP contribution in [0.2, 0.25) is 0 Å². The average Bonchev–Trinajstić information content (AvgIpc) is 3.47. The van der Waals surface area contributed by atoms with Crippen LogP contribution in [-0.4, -0.2) is 88.7 Å². The van der Waals surface area contributed by atoms with Crippen molar-refractivity contribution < 1.29 is 112 Å². The van der Waals surface area contributed by atoms with Crippen LogP contribution in [0.25, 0.3) is 0 Å². The standard InChI is InChI=1S/C40H69N2O11PS.2Na/c1-24(2)8-6-9-25(3)29-12-13-30-28-11-10-26-22-27(14-17-39(26,4)31(28)15-18-40(29,30)5)52-38(47)42-20-16-33(43)41-19-7-21-55-37-36(46)35(45)34(44)32(53-37)23-51-54(48,49)50;;/h10,24-25,27-32,34-37,44-46H,6-9,11-23H2,1-5H3,(H,41,43)(H,42,47)(H2,48,49,50);;/q;2*+1/p-2/t25-,27?,28?,29-,30?,31?,32-,34-,35+,36+,37+,39+,40-;;/m1../s1. The van der Waals surface area contributed by atoms with Crippen molar-refractivity contribution in [3.8, 4) is 0 Å². The minimum absolute atomic E-state index is 0. The van der Waals surface area contributed by atoms with Gasteiger partial charge in [0.2, 0.25) is 5.91 Å². The molecule has 4 fully saturated rings. The summed E-state index contributed by atoms with van der Waals surface area (Å²) >= 11 is 1.10. The summed E-state index contributed by atoms with van der Waals surface area (Å²) in [5.41, 5.74) is 1.09. The summed E-state index contributed by atoms with van der Waals surface area (Å²) in [6, 6.07) is 0. The monoisotopic (exact) mass is 860 g/mol. The van der Waals surface area contributed by atoms with Gasteiger partial charge in [-0.25, -0.2) is 4.79 Å². The van der Waals surface area contributed by atoms with Crippen LogP contribution in [0.5, 0.6) is 0 Å². The van der Waals surface area contributed by atoms with Gasteiger partial charge in [-0.2, -0.15) is 0 Å². The van der Waals surface area contributed by atoms with E-state index in [9.17, 15) is 39.3 Å². The summed E-state index contributed by atoms with van der Waals surface area (Å²) in [5.74, 6) is 4.83. The van der Waals surface area contributed by atoms with Crippen molar-refractivity contribution in [3.63, 3.8) is 0 Å². The van der Waals surface area contributed by atoms with E-state index in [2.05, 4.69) is 55.9 Å². The van der Waals surface area contributed by atoms with E-state index in [-0.39, 0.29) is 89.5 Å². The molecule has 1 aliphatic heterocycles. The number of fused-ring (bicyclic) bond motifs is 5. The molecule has 57 heavy (non-hydrogen) atoms. The number of amides is 2. The minimum Gasteiger partial charge on any atom is -0.790 e. The zero-order valence-electron chi connectivity index (χ0n) is 35.5. The van der Waals surface area contributed by atoms with Gasteiger partial charge in [0, 0.05) is 25.9 Å². The summed E-state index contributed by atoms with van der Waals surface area (Å²) < 4.78 is 26.3. The smallest absolute Gasteiger partial charge is 0.790 e. The van der Waals surface area contributed by atoms with Crippen LogP contribution in [0.4, 0.5) is 4.79 Å². The molecule has 13 atom stereocenters. The van der Waals surface area contributed by atoms with Crippen molar-refractivity contribution in [3.05, 3.63) is 11.6 Å². The van der Waals surface area contributed by atoms with Crippen molar-refractivity contribution in [2.24, 2.45) is 46.3 Å². The molecule has 0 aromatic carbocycles. The molecule has 1 saturated heterocycles. The van der Waals surface area contributed by atoms with Crippen LogP contribution in [0, 0.1) is 46.3 Å². The normalized spacial score (nSPS) is 36.6. The van der Waals surface area contributed by atoms with Gasteiger partial charge in [0.15, 0.2) is 0 Å². The maximum Gasteiger partial charge on any atom is 1.00 e. The SMILES string of the molecule is CC(C)CCC[C@@H](C)[C@H]1CCC2C3CC=C4CC(OC(=O)NCCC(=O)NCCCS[C@@H]5O[C@H](COP(=O)([O-])[O-])[C@@H](O)[C@H](O)[C@@H]5O)CC[C@]4(C)C3CC[C@@]21C.[Na+].[Na+]. The molecule has 3 saturated carbocycles. The van der Waals surface area contributed by atoms with Gasteiger partial charge in [0.05, 0.1) is 14.4 Å². The van der Waals surface area contributed by atoms with E-state index in [1.807, 2.05) is 0 Å². The number of hydrogen-bond acceptors (Lipinski definition) is 12. The van der Waals surface area contributed by atoms with Crippen molar-refractivity contribution in [2.45, 2.75) is 154 Å². The average molecular weight is 861 g/mol. The second kappa shape index (κ2) is 22.9. The van der Waals surface area contributed by atoms with Gasteiger partial charge in [-0.1, -0.05) is 65.5 Å². The summed E-state index contributed by atoms with van der Waals surface area (Å²) in [6.45, 7) is 12.0. The number of hydrogen-bond donors (Lipinski definition) is 5. The van der Waals surface area contributed by atoms with E-state index < -0.39 is 50.4 Å². The summed E-state index contributed by atoms with van der Waals surface area (Å²) in [4.78, 5) is 46.7. The number of rotatable bonds is 17. The molecule has 17 heteroatoms. The molecule has 0 spiro atoms. The molecular formula is C40H67N2Na2O11PS. The fourth-order valence-electron chi connectivity index (χ4n) is 11.2. The Morgan fingerprint density at radius 1 is 0.965 bits per heavy atom. The van der Waals surface area contributed by atoms with Gasteiger partial charge < -0.3 is 54.3 Å². The van der Waals surface area contributed by atoms with Crippen LogP contribution in [-0.2, 0) is 23.4 Å². The van der Waals surface area contributed by atoms with E-state index in [0.29, 0.717) is 30.1 Å². The first-order valence-electron chi connectivity index (χ1n) is 20.8. The number of aliphatic hydroxyl groups excluding tert-OH is 3. The fraction of sp³-hybridized carbons (Fsp3) is 0.900. The molecule has 316 valence electrons. The van der Waals surface area contributed by atoms with Gasteiger partial charge >= 0.3 is 65.2 Å². The van der Waals surface area contributed by atoms with Crippen LogP contribution in [0.1, 0.15) is 118 Å². The number of carbonyl (C=O) groups is 2. The maximum absolute atomic E-state index is 12.7. The molecule has 0 aromatic rings. The summed E-state index contributed by atoms with van der Waals surface area (Å²) in [6.07, 6.45) is 9.60. The largest absolute Gasteiger partial charge is 1.00 e. The van der Waals surface area contributed by atoms with Crippen molar-refractivity contribution in [1.82, 2.24) is 10.6 Å². The predicted octanol–water partition coefficient (Wildman–Crippen LogP) is -1.59. The number of phosphoric ester groups is 1. The Bertz CT molecular complexity index is 1390. The Morgan fingerprint density at radius 3 is 2.40 bits per heavy atom. The molecule has 5 aliphatic rings. The predicted molar refractivity (Wildman–Crippen MR) is 206 cm³/mol. The Hall–Kier alpha value is 0.780. The van der Waals surface area contributed by atoms with Crippen LogP contribution >= 0.6 is 19.6 Å². The number of thioether (sulfide) groups is 1. The zero-order chi connectivity index (χ0) is 40.1. The minimum atomic E-state index is -5.31. The second-order valence-corrected chi connectivity index (χ2v) is 20.4. The molecule has 5 N–H and O–H groups in total. The number of ether oxygens (including phenoxy) is 2. The Labute approximate surface area is 388 Å². The third-order valence-corrected chi connectivity index (χ3v) is 15.9. The topological polar surface area (TPSA) is 210 Å². The number of aliphatic hydroxyl groups is 3. The number of nitrogens with one attached hydrogen (secondary N) is 2. The van der Waals surface area contributed by atoms with Gasteiger partial charge in [-0.3, -0.25) is 4.79 Å². The van der Waals surface area contributed by atoms with E-state index in [0.717, 1.165) is 67.0 Å². The summed E-state index contributed by atoms with van der Waals surface area (Å²) in [7, 11) is -5.31. The van der Waals surface area contributed by atoms with Gasteiger partial charge in [-0.05, 0) is 103 Å². The van der Waals surface area contributed by atoms with Crippen molar-refractivity contribution in [1.29, 1.82) is 0 Å². The fourth-order valence-corrected chi connectivity index (χ4v) is 12.6. The van der Waals surface area contributed by atoms with E-state index in [4.69, 9.17) is 9.47 Å². The molecule has 1 heterocycles. The van der Waals surface area contributed by atoms with Gasteiger partial charge in [0.1, 0.15) is 36.0 Å². The van der Waals surface area contributed by atoms with Crippen LogP contribution < -0.4 is 79.5 Å². The molecule has 4 unspecified atom stereocenters. The second-order valence-electron chi connectivity index (χ2n) is 18.1. The first-order valence-corrected chi connectivity index (χ1v) is 23.3. The molecule has 2 amide bonds. The first kappa shape index (κ1) is 52.1. The molecular weight excluding hydrogens is 793 g/mol. The maximum atomic E-state index is 12.7. The third-order valence-electron chi connectivity index (χ3n) is 14.1. The van der Waals surface area contributed by atoms with Crippen LogP contribution in [0.15, 0.2) is 11.6 Å². The number of phosphoric acid groups is 1. The van der Waals surface area contributed by atoms with Crippen LogP contribution in [0.3, 0.4) is 0 Å². The van der Waals surface area contributed by atoms with Gasteiger partial charge in [0.25, 0.3) is 0 Å². The summed E-state index contributed by atoms with van der Waals surface area (Å²) in [5, 5.41) is 35.9. The van der Waals surface area contributed by atoms with E-state index >= 15 is 0 Å². The Balaban J connectivity index is 0.00000435. The number of alkyl carbamates (subject to hydrolysis) is 1. The Kier molecular flexibility index (Phi) is 21.0. The molecule has 0 bridgehead atoms.